The summed E-state index contributed by atoms with van der Waals surface area (Å²) < 4.78 is 5.30. The molecule has 0 aliphatic rings. The molecule has 0 fully saturated rings. The maximum Gasteiger partial charge on any atom is 0.231 e. The van der Waals surface area contributed by atoms with Gasteiger partial charge in [-0.3, -0.25) is 4.79 Å². The number of ether oxygens (including phenoxy) is 1. The molecule has 1 amide bonds. The molecule has 0 saturated heterocycles. The molecule has 20 heavy (non-hydrogen) atoms. The minimum absolute atomic E-state index is 0.0599. The molecule has 2 rings (SSSR count). The quantitative estimate of drug-likeness (QED) is 0.790. The van der Waals surface area contributed by atoms with Crippen molar-refractivity contribution in [1.82, 2.24) is 0 Å². The van der Waals surface area contributed by atoms with Crippen LogP contribution in [-0.4, -0.2) is 19.6 Å². The van der Waals surface area contributed by atoms with Gasteiger partial charge in [0.25, 0.3) is 0 Å². The van der Waals surface area contributed by atoms with Crippen LogP contribution >= 0.6 is 11.3 Å². The second kappa shape index (κ2) is 6.78. The van der Waals surface area contributed by atoms with Crippen LogP contribution in [0.25, 0.3) is 0 Å². The van der Waals surface area contributed by atoms with Crippen molar-refractivity contribution >= 4 is 22.9 Å². The Balaban J connectivity index is 1.99. The van der Waals surface area contributed by atoms with Gasteiger partial charge in [-0.2, -0.15) is 0 Å². The standard InChI is InChI=1S/C16H15NO2S/c1-3-10-19-14-8-6-13(7-9-14)17(2)16(18)12-15-5-4-11-20-15/h1,4-9,11H,10,12H2,2H3. The highest BCUT2D eigenvalue weighted by Crippen LogP contribution is 2.20. The van der Waals surface area contributed by atoms with E-state index in [1.807, 2.05) is 41.8 Å². The van der Waals surface area contributed by atoms with Crippen molar-refractivity contribution in [3.63, 3.8) is 0 Å². The topological polar surface area (TPSA) is 29.5 Å². The molecule has 0 bridgehead atoms. The summed E-state index contributed by atoms with van der Waals surface area (Å²) in [4.78, 5) is 14.9. The molecule has 0 unspecified atom stereocenters. The molecule has 0 aliphatic heterocycles. The fraction of sp³-hybridized carbons (Fsp3) is 0.188. The zero-order valence-corrected chi connectivity index (χ0v) is 12.0. The minimum Gasteiger partial charge on any atom is -0.481 e. The van der Waals surface area contributed by atoms with E-state index in [9.17, 15) is 4.79 Å². The van der Waals surface area contributed by atoms with E-state index in [4.69, 9.17) is 11.2 Å². The molecule has 0 atom stereocenters. The summed E-state index contributed by atoms with van der Waals surface area (Å²) >= 11 is 1.59. The van der Waals surface area contributed by atoms with E-state index in [1.54, 1.807) is 23.3 Å². The van der Waals surface area contributed by atoms with E-state index in [-0.39, 0.29) is 12.5 Å². The molecule has 0 aliphatic carbocycles. The number of likely N-dealkylation sites (N-methyl/N-ethyl adjacent to an activating group) is 1. The van der Waals surface area contributed by atoms with Crippen molar-refractivity contribution in [1.29, 1.82) is 0 Å². The van der Waals surface area contributed by atoms with Crippen LogP contribution in [0.15, 0.2) is 41.8 Å². The number of carbonyl (C=O) groups is 1. The average molecular weight is 285 g/mol. The lowest BCUT2D eigenvalue weighted by molar-refractivity contribution is -0.117. The van der Waals surface area contributed by atoms with Crippen molar-refractivity contribution in [2.45, 2.75) is 6.42 Å². The number of amides is 1. The minimum atomic E-state index is 0.0599. The average Bonchev–Trinajstić information content (AvgIpc) is 2.97. The van der Waals surface area contributed by atoms with Gasteiger partial charge in [0.05, 0.1) is 6.42 Å². The highest BCUT2D eigenvalue weighted by Gasteiger charge is 2.12. The van der Waals surface area contributed by atoms with Crippen molar-refractivity contribution in [2.24, 2.45) is 0 Å². The van der Waals surface area contributed by atoms with Gasteiger partial charge in [-0.25, -0.2) is 0 Å². The van der Waals surface area contributed by atoms with Gasteiger partial charge in [-0.1, -0.05) is 12.0 Å². The zero-order chi connectivity index (χ0) is 14.4. The lowest BCUT2D eigenvalue weighted by Gasteiger charge is -2.17. The van der Waals surface area contributed by atoms with Gasteiger partial charge in [0.2, 0.25) is 5.91 Å². The van der Waals surface area contributed by atoms with E-state index in [0.29, 0.717) is 12.2 Å². The predicted molar refractivity (Wildman–Crippen MR) is 82.2 cm³/mol. The van der Waals surface area contributed by atoms with Crippen LogP contribution in [0.3, 0.4) is 0 Å². The Labute approximate surface area is 122 Å². The highest BCUT2D eigenvalue weighted by molar-refractivity contribution is 7.10. The van der Waals surface area contributed by atoms with Crippen LogP contribution in [-0.2, 0) is 11.2 Å². The van der Waals surface area contributed by atoms with E-state index >= 15 is 0 Å². The van der Waals surface area contributed by atoms with Gasteiger partial charge in [0, 0.05) is 17.6 Å². The third kappa shape index (κ3) is 3.62. The summed E-state index contributed by atoms with van der Waals surface area (Å²) in [5, 5.41) is 1.97. The summed E-state index contributed by atoms with van der Waals surface area (Å²) in [5.74, 6) is 3.17. The molecular formula is C16H15NO2S. The van der Waals surface area contributed by atoms with Crippen LogP contribution in [0.5, 0.6) is 5.75 Å². The van der Waals surface area contributed by atoms with Crippen molar-refractivity contribution < 1.29 is 9.53 Å². The monoisotopic (exact) mass is 285 g/mol. The molecule has 4 heteroatoms. The first kappa shape index (κ1) is 14.2. The van der Waals surface area contributed by atoms with Crippen LogP contribution in [0, 0.1) is 12.3 Å². The van der Waals surface area contributed by atoms with E-state index in [1.165, 1.54) is 0 Å². The number of hydrogen-bond donors (Lipinski definition) is 0. The first-order chi connectivity index (χ1) is 9.70. The number of rotatable bonds is 5. The molecule has 1 aromatic heterocycles. The summed E-state index contributed by atoms with van der Waals surface area (Å²) in [7, 11) is 1.77. The van der Waals surface area contributed by atoms with Gasteiger partial charge < -0.3 is 9.64 Å². The maximum absolute atomic E-state index is 12.1. The molecule has 1 heterocycles. The number of thiophene rings is 1. The van der Waals surface area contributed by atoms with E-state index < -0.39 is 0 Å². The molecule has 0 saturated carbocycles. The molecular weight excluding hydrogens is 270 g/mol. The largest absolute Gasteiger partial charge is 0.481 e. The molecule has 1 aromatic carbocycles. The number of hydrogen-bond acceptors (Lipinski definition) is 3. The second-order valence-corrected chi connectivity index (χ2v) is 5.23. The number of anilines is 1. The normalized spacial score (nSPS) is 9.80. The fourth-order valence-corrected chi connectivity index (χ4v) is 2.41. The Hall–Kier alpha value is -2.25. The zero-order valence-electron chi connectivity index (χ0n) is 11.2. The van der Waals surface area contributed by atoms with Crippen LogP contribution < -0.4 is 9.64 Å². The van der Waals surface area contributed by atoms with Crippen LogP contribution in [0.2, 0.25) is 0 Å². The Morgan fingerprint density at radius 2 is 2.10 bits per heavy atom. The summed E-state index contributed by atoms with van der Waals surface area (Å²) in [5.41, 5.74) is 0.833. The second-order valence-electron chi connectivity index (χ2n) is 4.20. The van der Waals surface area contributed by atoms with Gasteiger partial charge in [0.15, 0.2) is 0 Å². The third-order valence-corrected chi connectivity index (χ3v) is 3.70. The lowest BCUT2D eigenvalue weighted by atomic mass is 10.2. The summed E-state index contributed by atoms with van der Waals surface area (Å²) in [6.07, 6.45) is 5.55. The van der Waals surface area contributed by atoms with E-state index in [0.717, 1.165) is 10.6 Å². The number of carbonyl (C=O) groups excluding carboxylic acids is 1. The fourth-order valence-electron chi connectivity index (χ4n) is 1.72. The number of benzene rings is 1. The molecule has 0 spiro atoms. The smallest absolute Gasteiger partial charge is 0.231 e. The van der Waals surface area contributed by atoms with E-state index in [2.05, 4.69) is 5.92 Å². The molecule has 0 radical (unpaired) electrons. The molecule has 3 nitrogen and oxygen atoms in total. The Morgan fingerprint density at radius 3 is 2.70 bits per heavy atom. The van der Waals surface area contributed by atoms with Gasteiger partial charge >= 0.3 is 0 Å². The van der Waals surface area contributed by atoms with Crippen LogP contribution in [0.4, 0.5) is 5.69 Å². The molecule has 102 valence electrons. The van der Waals surface area contributed by atoms with Crippen molar-refractivity contribution in [2.75, 3.05) is 18.6 Å². The summed E-state index contributed by atoms with van der Waals surface area (Å²) in [6, 6.07) is 11.2. The van der Waals surface area contributed by atoms with Gasteiger partial charge in [-0.15, -0.1) is 17.8 Å². The van der Waals surface area contributed by atoms with Gasteiger partial charge in [0.1, 0.15) is 12.4 Å². The van der Waals surface area contributed by atoms with Crippen molar-refractivity contribution in [3.8, 4) is 18.1 Å². The van der Waals surface area contributed by atoms with Gasteiger partial charge in [-0.05, 0) is 35.7 Å². The first-order valence-electron chi connectivity index (χ1n) is 6.16. The highest BCUT2D eigenvalue weighted by atomic mass is 32.1. The summed E-state index contributed by atoms with van der Waals surface area (Å²) in [6.45, 7) is 0.243. The van der Waals surface area contributed by atoms with Crippen LogP contribution in [0.1, 0.15) is 4.88 Å². The number of terminal acetylenes is 1. The third-order valence-electron chi connectivity index (χ3n) is 2.83. The Kier molecular flexibility index (Phi) is 4.80. The first-order valence-corrected chi connectivity index (χ1v) is 7.04. The Bertz CT molecular complexity index is 596. The number of nitrogens with zero attached hydrogens (tertiary/aromatic N) is 1. The van der Waals surface area contributed by atoms with Crippen molar-refractivity contribution in [3.05, 3.63) is 46.7 Å². The maximum atomic E-state index is 12.1. The predicted octanol–water partition coefficient (Wildman–Crippen LogP) is 2.97. The molecule has 0 N–H and O–H groups in total. The lowest BCUT2D eigenvalue weighted by Crippen LogP contribution is -2.27. The molecule has 2 aromatic rings. The SMILES string of the molecule is C#CCOc1ccc(N(C)C(=O)Cc2cccs2)cc1. The Morgan fingerprint density at radius 1 is 1.35 bits per heavy atom.